The molecule has 0 aliphatic carbocycles. The van der Waals surface area contributed by atoms with Gasteiger partial charge in [0.05, 0.1) is 6.61 Å². The molecule has 1 aliphatic heterocycles. The molecule has 26 heavy (non-hydrogen) atoms. The number of urea groups is 1. The Morgan fingerprint density at radius 3 is 2.23 bits per heavy atom. The smallest absolute Gasteiger partial charge is 0.316 e. The first kappa shape index (κ1) is 17.9. The van der Waals surface area contributed by atoms with E-state index in [1.807, 2.05) is 38.1 Å². The van der Waals surface area contributed by atoms with Gasteiger partial charge in [0.1, 0.15) is 0 Å². The summed E-state index contributed by atoms with van der Waals surface area (Å²) in [5.41, 5.74) is 5.88. The Bertz CT molecular complexity index is 762. The Labute approximate surface area is 153 Å². The molecule has 2 aromatic carbocycles. The van der Waals surface area contributed by atoms with Crippen LogP contribution in [0.25, 0.3) is 0 Å². The van der Waals surface area contributed by atoms with Crippen molar-refractivity contribution in [1.29, 1.82) is 0 Å². The fourth-order valence-corrected chi connectivity index (χ4v) is 2.72. The van der Waals surface area contributed by atoms with Gasteiger partial charge in [-0.15, -0.1) is 0 Å². The SMILES string of the molecule is CC(C)CONC(=O)c1ccc(NC(=O)N2Cc3ccccc3C2)cc1. The van der Waals surface area contributed by atoms with Gasteiger partial charge in [-0.25, -0.2) is 10.3 Å². The second-order valence-corrected chi connectivity index (χ2v) is 6.77. The normalized spacial score (nSPS) is 12.8. The van der Waals surface area contributed by atoms with Gasteiger partial charge in [-0.1, -0.05) is 38.1 Å². The van der Waals surface area contributed by atoms with E-state index in [9.17, 15) is 9.59 Å². The third-order valence-electron chi connectivity index (χ3n) is 4.11. The largest absolute Gasteiger partial charge is 0.322 e. The van der Waals surface area contributed by atoms with Crippen LogP contribution in [-0.4, -0.2) is 23.4 Å². The number of nitrogens with one attached hydrogen (secondary N) is 2. The van der Waals surface area contributed by atoms with Gasteiger partial charge in [0.25, 0.3) is 5.91 Å². The second-order valence-electron chi connectivity index (χ2n) is 6.77. The van der Waals surface area contributed by atoms with Crippen LogP contribution < -0.4 is 10.8 Å². The first-order valence-corrected chi connectivity index (χ1v) is 8.68. The number of rotatable bonds is 5. The van der Waals surface area contributed by atoms with E-state index < -0.39 is 0 Å². The lowest BCUT2D eigenvalue weighted by molar-refractivity contribution is 0.0208. The van der Waals surface area contributed by atoms with E-state index in [2.05, 4.69) is 10.8 Å². The van der Waals surface area contributed by atoms with Crippen LogP contribution in [0.2, 0.25) is 0 Å². The van der Waals surface area contributed by atoms with Crippen molar-refractivity contribution in [2.45, 2.75) is 26.9 Å². The van der Waals surface area contributed by atoms with E-state index in [0.29, 0.717) is 36.9 Å². The number of hydrogen-bond donors (Lipinski definition) is 2. The Kier molecular flexibility index (Phi) is 5.53. The van der Waals surface area contributed by atoms with Crippen LogP contribution in [0.1, 0.15) is 35.3 Å². The van der Waals surface area contributed by atoms with Crippen molar-refractivity contribution in [1.82, 2.24) is 10.4 Å². The number of carbonyl (C=O) groups excluding carboxylic acids is 2. The lowest BCUT2D eigenvalue weighted by Gasteiger charge is -2.16. The fraction of sp³-hybridized carbons (Fsp3) is 0.300. The van der Waals surface area contributed by atoms with E-state index in [4.69, 9.17) is 4.84 Å². The molecule has 0 spiro atoms. The second kappa shape index (κ2) is 8.01. The predicted octanol–water partition coefficient (Wildman–Crippen LogP) is 3.55. The Morgan fingerprint density at radius 2 is 1.65 bits per heavy atom. The molecule has 0 fully saturated rings. The zero-order valence-corrected chi connectivity index (χ0v) is 15.0. The van der Waals surface area contributed by atoms with Gasteiger partial charge in [-0.2, -0.15) is 0 Å². The van der Waals surface area contributed by atoms with Gasteiger partial charge < -0.3 is 10.2 Å². The Hall–Kier alpha value is -2.86. The molecule has 0 atom stereocenters. The van der Waals surface area contributed by atoms with Crippen LogP contribution in [0, 0.1) is 5.92 Å². The molecule has 136 valence electrons. The van der Waals surface area contributed by atoms with Crippen LogP contribution in [0.3, 0.4) is 0 Å². The van der Waals surface area contributed by atoms with Crippen molar-refractivity contribution < 1.29 is 14.4 Å². The zero-order chi connectivity index (χ0) is 18.5. The molecule has 1 heterocycles. The van der Waals surface area contributed by atoms with Crippen molar-refractivity contribution in [3.63, 3.8) is 0 Å². The molecular weight excluding hydrogens is 330 g/mol. The summed E-state index contributed by atoms with van der Waals surface area (Å²) in [4.78, 5) is 31.3. The van der Waals surface area contributed by atoms with Crippen molar-refractivity contribution in [3.8, 4) is 0 Å². The summed E-state index contributed by atoms with van der Waals surface area (Å²) in [5.74, 6) is 0.0307. The minimum Gasteiger partial charge on any atom is -0.316 e. The lowest BCUT2D eigenvalue weighted by Crippen LogP contribution is -2.30. The fourth-order valence-electron chi connectivity index (χ4n) is 2.72. The van der Waals surface area contributed by atoms with Crippen molar-refractivity contribution in [2.75, 3.05) is 11.9 Å². The van der Waals surface area contributed by atoms with Crippen LogP contribution in [-0.2, 0) is 17.9 Å². The number of benzene rings is 2. The Balaban J connectivity index is 1.53. The molecule has 2 aromatic rings. The molecule has 6 nitrogen and oxygen atoms in total. The first-order chi connectivity index (χ1) is 12.5. The topological polar surface area (TPSA) is 70.7 Å². The highest BCUT2D eigenvalue weighted by molar-refractivity contribution is 5.95. The van der Waals surface area contributed by atoms with Crippen LogP contribution in [0.15, 0.2) is 48.5 Å². The maximum atomic E-state index is 12.4. The van der Waals surface area contributed by atoms with Crippen LogP contribution >= 0.6 is 0 Å². The number of anilines is 1. The lowest BCUT2D eigenvalue weighted by atomic mass is 10.1. The number of nitrogens with zero attached hydrogens (tertiary/aromatic N) is 1. The van der Waals surface area contributed by atoms with Crippen molar-refractivity contribution in [3.05, 3.63) is 65.2 Å². The predicted molar refractivity (Wildman–Crippen MR) is 99.4 cm³/mol. The van der Waals surface area contributed by atoms with Crippen LogP contribution in [0.4, 0.5) is 10.5 Å². The quantitative estimate of drug-likeness (QED) is 0.808. The first-order valence-electron chi connectivity index (χ1n) is 8.68. The minimum absolute atomic E-state index is 0.154. The van der Waals surface area contributed by atoms with E-state index >= 15 is 0 Å². The number of fused-ring (bicyclic) bond motifs is 1. The third kappa shape index (κ3) is 4.40. The molecule has 1 aliphatic rings. The maximum absolute atomic E-state index is 12.4. The van der Waals surface area contributed by atoms with E-state index in [-0.39, 0.29) is 11.9 Å². The number of amides is 3. The third-order valence-corrected chi connectivity index (χ3v) is 4.11. The Morgan fingerprint density at radius 1 is 1.04 bits per heavy atom. The number of carbonyl (C=O) groups is 2. The van der Waals surface area contributed by atoms with Gasteiger partial charge in [0, 0.05) is 24.3 Å². The summed E-state index contributed by atoms with van der Waals surface area (Å²) >= 11 is 0. The standard InChI is InChI=1S/C20H23N3O3/c1-14(2)13-26-22-19(24)15-7-9-18(10-8-15)21-20(25)23-11-16-5-3-4-6-17(16)12-23/h3-10,14H,11-13H2,1-2H3,(H,21,25)(H,22,24). The monoisotopic (exact) mass is 353 g/mol. The highest BCUT2D eigenvalue weighted by Gasteiger charge is 2.22. The average molecular weight is 353 g/mol. The van der Waals surface area contributed by atoms with Crippen LogP contribution in [0.5, 0.6) is 0 Å². The zero-order valence-electron chi connectivity index (χ0n) is 15.0. The molecule has 0 radical (unpaired) electrons. The van der Waals surface area contributed by atoms with Gasteiger partial charge in [-0.3, -0.25) is 9.63 Å². The molecule has 2 N–H and O–H groups in total. The molecule has 0 bridgehead atoms. The van der Waals surface area contributed by atoms with Gasteiger partial charge >= 0.3 is 6.03 Å². The molecule has 0 saturated heterocycles. The number of hydrogen-bond acceptors (Lipinski definition) is 3. The van der Waals surface area contributed by atoms with Gasteiger partial charge in [-0.05, 0) is 41.3 Å². The van der Waals surface area contributed by atoms with Crippen molar-refractivity contribution in [2.24, 2.45) is 5.92 Å². The van der Waals surface area contributed by atoms with Crippen molar-refractivity contribution >= 4 is 17.6 Å². The summed E-state index contributed by atoms with van der Waals surface area (Å²) in [7, 11) is 0. The van der Waals surface area contributed by atoms with E-state index in [1.165, 1.54) is 11.1 Å². The summed E-state index contributed by atoms with van der Waals surface area (Å²) in [6.45, 7) is 5.68. The summed E-state index contributed by atoms with van der Waals surface area (Å²) < 4.78 is 0. The van der Waals surface area contributed by atoms with E-state index in [1.54, 1.807) is 29.2 Å². The molecule has 3 amide bonds. The molecule has 0 unspecified atom stereocenters. The maximum Gasteiger partial charge on any atom is 0.322 e. The average Bonchev–Trinajstić information content (AvgIpc) is 3.06. The highest BCUT2D eigenvalue weighted by Crippen LogP contribution is 2.23. The highest BCUT2D eigenvalue weighted by atomic mass is 16.6. The minimum atomic E-state index is -0.307. The molecular formula is C20H23N3O3. The summed E-state index contributed by atoms with van der Waals surface area (Å²) in [6, 6.07) is 14.6. The molecule has 6 heteroatoms. The van der Waals surface area contributed by atoms with E-state index in [0.717, 1.165) is 0 Å². The van der Waals surface area contributed by atoms with Gasteiger partial charge in [0.2, 0.25) is 0 Å². The molecule has 0 saturated carbocycles. The summed E-state index contributed by atoms with van der Waals surface area (Å²) in [6.07, 6.45) is 0. The number of hydroxylamine groups is 1. The van der Waals surface area contributed by atoms with Gasteiger partial charge in [0.15, 0.2) is 0 Å². The molecule has 0 aromatic heterocycles. The molecule has 3 rings (SSSR count). The summed E-state index contributed by atoms with van der Waals surface area (Å²) in [5, 5.41) is 2.87.